The standard InChI is InChI=1S/C21H25BrN4O4/c1-3-30-21(29)16-5-4-10-25(12-16)19(27)14-24(2)20(28)15-6-8-18(9-7-15)26-13-17(22)11-23-26/h6-9,11,13,16H,3-5,10,12,14H2,1-2H3. The molecule has 2 amide bonds. The molecule has 8 nitrogen and oxygen atoms in total. The van der Waals surface area contributed by atoms with Crippen molar-refractivity contribution in [3.05, 3.63) is 46.7 Å². The summed E-state index contributed by atoms with van der Waals surface area (Å²) in [5.74, 6) is -0.962. The molecule has 9 heteroatoms. The molecule has 0 radical (unpaired) electrons. The summed E-state index contributed by atoms with van der Waals surface area (Å²) in [4.78, 5) is 40.4. The van der Waals surface area contributed by atoms with E-state index in [4.69, 9.17) is 4.74 Å². The van der Waals surface area contributed by atoms with E-state index in [0.717, 1.165) is 23.0 Å². The van der Waals surface area contributed by atoms with Crippen molar-refractivity contribution < 1.29 is 19.1 Å². The van der Waals surface area contributed by atoms with Crippen LogP contribution in [0.4, 0.5) is 0 Å². The predicted molar refractivity (Wildman–Crippen MR) is 114 cm³/mol. The molecule has 2 aromatic rings. The molecule has 0 spiro atoms. The molecule has 0 aliphatic carbocycles. The lowest BCUT2D eigenvalue weighted by molar-refractivity contribution is -0.151. The summed E-state index contributed by atoms with van der Waals surface area (Å²) in [5, 5.41) is 4.21. The maximum Gasteiger partial charge on any atom is 0.310 e. The zero-order valence-electron chi connectivity index (χ0n) is 17.1. The van der Waals surface area contributed by atoms with Gasteiger partial charge in [-0.15, -0.1) is 0 Å². The van der Waals surface area contributed by atoms with Gasteiger partial charge in [0.2, 0.25) is 5.91 Å². The Balaban J connectivity index is 1.58. The lowest BCUT2D eigenvalue weighted by Crippen LogP contribution is -2.47. The number of likely N-dealkylation sites (N-methyl/N-ethyl adjacent to an activating group) is 1. The van der Waals surface area contributed by atoms with E-state index in [-0.39, 0.29) is 30.2 Å². The van der Waals surface area contributed by atoms with Gasteiger partial charge in [-0.2, -0.15) is 5.10 Å². The molecule has 1 atom stereocenters. The van der Waals surface area contributed by atoms with Crippen LogP contribution in [0, 0.1) is 5.92 Å². The van der Waals surface area contributed by atoms with Crippen molar-refractivity contribution in [3.8, 4) is 5.69 Å². The van der Waals surface area contributed by atoms with Crippen LogP contribution in [-0.2, 0) is 14.3 Å². The highest BCUT2D eigenvalue weighted by Crippen LogP contribution is 2.19. The van der Waals surface area contributed by atoms with Crippen molar-refractivity contribution in [2.75, 3.05) is 33.3 Å². The number of rotatable bonds is 6. The Morgan fingerprint density at radius 2 is 2.00 bits per heavy atom. The number of esters is 1. The van der Waals surface area contributed by atoms with Crippen molar-refractivity contribution in [3.63, 3.8) is 0 Å². The van der Waals surface area contributed by atoms with Gasteiger partial charge in [0.1, 0.15) is 0 Å². The second-order valence-corrected chi connectivity index (χ2v) is 8.16. The maximum atomic E-state index is 12.7. The van der Waals surface area contributed by atoms with Crippen LogP contribution in [0.3, 0.4) is 0 Å². The zero-order valence-corrected chi connectivity index (χ0v) is 18.7. The van der Waals surface area contributed by atoms with Crippen LogP contribution in [0.5, 0.6) is 0 Å². The number of likely N-dealkylation sites (tertiary alicyclic amines) is 1. The average Bonchev–Trinajstić information content (AvgIpc) is 3.19. The van der Waals surface area contributed by atoms with Crippen LogP contribution in [0.1, 0.15) is 30.1 Å². The van der Waals surface area contributed by atoms with Crippen molar-refractivity contribution in [1.29, 1.82) is 0 Å². The summed E-state index contributed by atoms with van der Waals surface area (Å²) in [5.41, 5.74) is 1.32. The second-order valence-electron chi connectivity index (χ2n) is 7.24. The van der Waals surface area contributed by atoms with Crippen molar-refractivity contribution in [1.82, 2.24) is 19.6 Å². The molecule has 0 bridgehead atoms. The molecule has 160 valence electrons. The number of carbonyl (C=O) groups is 3. The fraction of sp³-hybridized carbons (Fsp3) is 0.429. The Kier molecular flexibility index (Phi) is 7.25. The van der Waals surface area contributed by atoms with Crippen LogP contribution < -0.4 is 0 Å². The average molecular weight is 477 g/mol. The van der Waals surface area contributed by atoms with E-state index in [1.165, 1.54) is 4.90 Å². The molecular formula is C21H25BrN4O4. The zero-order chi connectivity index (χ0) is 21.7. The van der Waals surface area contributed by atoms with Crippen molar-refractivity contribution >= 4 is 33.7 Å². The first-order chi connectivity index (χ1) is 14.4. The van der Waals surface area contributed by atoms with Gasteiger partial charge >= 0.3 is 5.97 Å². The Morgan fingerprint density at radius 3 is 2.63 bits per heavy atom. The van der Waals surface area contributed by atoms with Gasteiger partial charge in [0, 0.05) is 31.9 Å². The first-order valence-corrected chi connectivity index (χ1v) is 10.7. The van der Waals surface area contributed by atoms with E-state index in [0.29, 0.717) is 25.3 Å². The number of piperidine rings is 1. The molecule has 1 fully saturated rings. The van der Waals surface area contributed by atoms with Gasteiger partial charge in [-0.05, 0) is 60.0 Å². The normalized spacial score (nSPS) is 16.2. The highest BCUT2D eigenvalue weighted by atomic mass is 79.9. The third kappa shape index (κ3) is 5.27. The van der Waals surface area contributed by atoms with Crippen molar-refractivity contribution in [2.24, 2.45) is 5.92 Å². The number of halogens is 1. The van der Waals surface area contributed by atoms with Crippen LogP contribution in [0.25, 0.3) is 5.69 Å². The number of carbonyl (C=O) groups excluding carboxylic acids is 3. The minimum atomic E-state index is -0.293. The Hall–Kier alpha value is -2.68. The van der Waals surface area contributed by atoms with E-state index in [1.807, 2.05) is 6.20 Å². The van der Waals surface area contributed by atoms with Gasteiger partial charge in [0.25, 0.3) is 5.91 Å². The van der Waals surface area contributed by atoms with Crippen LogP contribution in [0.15, 0.2) is 41.1 Å². The van der Waals surface area contributed by atoms with Crippen LogP contribution in [0.2, 0.25) is 0 Å². The van der Waals surface area contributed by atoms with Gasteiger partial charge < -0.3 is 14.5 Å². The summed E-state index contributed by atoms with van der Waals surface area (Å²) in [7, 11) is 1.60. The molecule has 1 aromatic heterocycles. The number of benzene rings is 1. The van der Waals surface area contributed by atoms with E-state index < -0.39 is 0 Å². The fourth-order valence-electron chi connectivity index (χ4n) is 3.45. The lowest BCUT2D eigenvalue weighted by atomic mass is 9.98. The van der Waals surface area contributed by atoms with Gasteiger partial charge in [-0.1, -0.05) is 0 Å². The Morgan fingerprint density at radius 1 is 1.27 bits per heavy atom. The van der Waals surface area contributed by atoms with E-state index >= 15 is 0 Å². The molecule has 1 unspecified atom stereocenters. The quantitative estimate of drug-likeness (QED) is 0.597. The predicted octanol–water partition coefficient (Wildman–Crippen LogP) is 2.51. The first kappa shape index (κ1) is 22.0. The highest BCUT2D eigenvalue weighted by Gasteiger charge is 2.30. The molecule has 30 heavy (non-hydrogen) atoms. The smallest absolute Gasteiger partial charge is 0.310 e. The third-order valence-electron chi connectivity index (χ3n) is 5.04. The number of amides is 2. The SMILES string of the molecule is CCOC(=O)C1CCCN(C(=O)CN(C)C(=O)c2ccc(-n3cc(Br)cn3)cc2)C1. The summed E-state index contributed by atoms with van der Waals surface area (Å²) < 4.78 is 7.64. The second kappa shape index (κ2) is 9.88. The topological polar surface area (TPSA) is 84.7 Å². The van der Waals surface area contributed by atoms with Crippen LogP contribution in [-0.4, -0.2) is 70.7 Å². The minimum Gasteiger partial charge on any atom is -0.466 e. The van der Waals surface area contributed by atoms with Gasteiger partial charge in [-0.3, -0.25) is 14.4 Å². The van der Waals surface area contributed by atoms with Crippen LogP contribution >= 0.6 is 15.9 Å². The molecular weight excluding hydrogens is 452 g/mol. The molecule has 2 heterocycles. The molecule has 0 saturated carbocycles. The fourth-order valence-corrected chi connectivity index (χ4v) is 3.74. The van der Waals surface area contributed by atoms with E-state index in [1.54, 1.807) is 54.0 Å². The Labute approximate surface area is 183 Å². The number of ether oxygens (including phenoxy) is 1. The maximum absolute atomic E-state index is 12.7. The van der Waals surface area contributed by atoms with Crippen molar-refractivity contribution in [2.45, 2.75) is 19.8 Å². The summed E-state index contributed by atoms with van der Waals surface area (Å²) in [6.07, 6.45) is 4.98. The molecule has 1 aliphatic heterocycles. The molecule has 1 saturated heterocycles. The third-order valence-corrected chi connectivity index (χ3v) is 5.45. The summed E-state index contributed by atoms with van der Waals surface area (Å²) >= 11 is 3.36. The summed E-state index contributed by atoms with van der Waals surface area (Å²) in [6, 6.07) is 7.03. The number of nitrogens with zero attached hydrogens (tertiary/aromatic N) is 4. The van der Waals surface area contributed by atoms with E-state index in [2.05, 4.69) is 21.0 Å². The highest BCUT2D eigenvalue weighted by molar-refractivity contribution is 9.10. The summed E-state index contributed by atoms with van der Waals surface area (Å²) in [6.45, 7) is 2.99. The molecule has 1 aromatic carbocycles. The minimum absolute atomic E-state index is 0.0395. The largest absolute Gasteiger partial charge is 0.466 e. The lowest BCUT2D eigenvalue weighted by Gasteiger charge is -2.32. The number of hydrogen-bond donors (Lipinski definition) is 0. The number of aromatic nitrogens is 2. The monoisotopic (exact) mass is 476 g/mol. The molecule has 3 rings (SSSR count). The molecule has 0 N–H and O–H groups in total. The molecule has 1 aliphatic rings. The van der Waals surface area contributed by atoms with Gasteiger partial charge in [0.15, 0.2) is 0 Å². The van der Waals surface area contributed by atoms with E-state index in [9.17, 15) is 14.4 Å². The van der Waals surface area contributed by atoms with Gasteiger partial charge in [0.05, 0.1) is 35.4 Å². The first-order valence-electron chi connectivity index (χ1n) is 9.89. The Bertz CT molecular complexity index is 912. The number of hydrogen-bond acceptors (Lipinski definition) is 5. The van der Waals surface area contributed by atoms with Gasteiger partial charge in [-0.25, -0.2) is 4.68 Å².